The minimum Gasteiger partial charge on any atom is -0.481 e. The van der Waals surface area contributed by atoms with Gasteiger partial charge in [0.1, 0.15) is 0 Å². The number of aromatic nitrogens is 1. The van der Waals surface area contributed by atoms with E-state index in [4.69, 9.17) is 4.74 Å². The largest absolute Gasteiger partial charge is 0.481 e. The normalized spacial score (nSPS) is 10.6. The Balaban J connectivity index is 1.61. The first-order chi connectivity index (χ1) is 14.8. The predicted molar refractivity (Wildman–Crippen MR) is 119 cm³/mol. The van der Waals surface area contributed by atoms with Gasteiger partial charge >= 0.3 is 0 Å². The van der Waals surface area contributed by atoms with Crippen molar-refractivity contribution in [3.05, 3.63) is 89.1 Å². The number of carbonyl (C=O) groups excluding carboxylic acids is 1. The molecule has 0 saturated carbocycles. The number of pyridine rings is 1. The highest BCUT2D eigenvalue weighted by molar-refractivity contribution is 7.90. The number of sulfone groups is 1. The lowest BCUT2D eigenvalue weighted by Crippen LogP contribution is -2.22. The van der Waals surface area contributed by atoms with Gasteiger partial charge in [-0.2, -0.15) is 0 Å². The Labute approximate surface area is 182 Å². The summed E-state index contributed by atoms with van der Waals surface area (Å²) in [4.78, 5) is 16.8. The molecule has 0 saturated heterocycles. The fraction of sp³-hybridized carbons (Fsp3) is 0.167. The molecular formula is C24H22N2O4S. The van der Waals surface area contributed by atoms with Crippen molar-refractivity contribution in [1.29, 1.82) is 0 Å². The van der Waals surface area contributed by atoms with E-state index in [1.54, 1.807) is 43.6 Å². The SMILES string of the molecule is COc1cc(CC#Cc2cccc(C(=O)NCc3ccc(S(C)(=O)=O)cc3)c2)ccn1. The number of amides is 1. The molecule has 7 heteroatoms. The van der Waals surface area contributed by atoms with E-state index < -0.39 is 9.84 Å². The van der Waals surface area contributed by atoms with Gasteiger partial charge in [-0.25, -0.2) is 13.4 Å². The summed E-state index contributed by atoms with van der Waals surface area (Å²) in [6.07, 6.45) is 3.38. The molecule has 0 atom stereocenters. The van der Waals surface area contributed by atoms with Gasteiger partial charge in [0.05, 0.1) is 12.0 Å². The Kier molecular flexibility index (Phi) is 7.06. The third-order valence-corrected chi connectivity index (χ3v) is 5.59. The van der Waals surface area contributed by atoms with Crippen LogP contribution in [0.2, 0.25) is 0 Å². The second-order valence-corrected chi connectivity index (χ2v) is 8.88. The lowest BCUT2D eigenvalue weighted by molar-refractivity contribution is 0.0951. The van der Waals surface area contributed by atoms with Crippen LogP contribution in [0.5, 0.6) is 5.88 Å². The number of ether oxygens (including phenoxy) is 1. The average Bonchev–Trinajstić information content (AvgIpc) is 2.77. The molecule has 6 nitrogen and oxygen atoms in total. The van der Waals surface area contributed by atoms with Gasteiger partial charge < -0.3 is 10.1 Å². The van der Waals surface area contributed by atoms with Crippen LogP contribution >= 0.6 is 0 Å². The minimum absolute atomic E-state index is 0.227. The van der Waals surface area contributed by atoms with Crippen molar-refractivity contribution in [3.63, 3.8) is 0 Å². The number of rotatable bonds is 6. The van der Waals surface area contributed by atoms with Crippen molar-refractivity contribution < 1.29 is 17.9 Å². The molecule has 0 radical (unpaired) electrons. The molecule has 0 spiro atoms. The van der Waals surface area contributed by atoms with Crippen LogP contribution in [0.15, 0.2) is 71.8 Å². The molecule has 31 heavy (non-hydrogen) atoms. The van der Waals surface area contributed by atoms with E-state index in [0.29, 0.717) is 24.4 Å². The van der Waals surface area contributed by atoms with Crippen molar-refractivity contribution in [1.82, 2.24) is 10.3 Å². The van der Waals surface area contributed by atoms with Gasteiger partial charge in [-0.3, -0.25) is 4.79 Å². The molecule has 0 fully saturated rings. The maximum Gasteiger partial charge on any atom is 0.251 e. The summed E-state index contributed by atoms with van der Waals surface area (Å²) in [6, 6.07) is 17.3. The summed E-state index contributed by atoms with van der Waals surface area (Å²) in [5.41, 5.74) is 3.05. The zero-order valence-corrected chi connectivity index (χ0v) is 18.1. The maximum absolute atomic E-state index is 12.5. The molecule has 158 valence electrons. The number of methoxy groups -OCH3 is 1. The van der Waals surface area contributed by atoms with E-state index in [1.807, 2.05) is 18.2 Å². The van der Waals surface area contributed by atoms with Crippen LogP contribution in [0.1, 0.15) is 27.0 Å². The molecule has 2 aromatic carbocycles. The van der Waals surface area contributed by atoms with Crippen molar-refractivity contribution >= 4 is 15.7 Å². The van der Waals surface area contributed by atoms with Crippen LogP contribution in [0, 0.1) is 11.8 Å². The molecule has 0 aliphatic carbocycles. The summed E-state index contributed by atoms with van der Waals surface area (Å²) in [7, 11) is -1.67. The number of hydrogen-bond acceptors (Lipinski definition) is 5. The number of benzene rings is 2. The van der Waals surface area contributed by atoms with Gasteiger partial charge in [0, 0.05) is 42.6 Å². The Hall–Kier alpha value is -3.63. The van der Waals surface area contributed by atoms with Crippen LogP contribution in [-0.4, -0.2) is 32.7 Å². The molecule has 3 aromatic rings. The summed E-state index contributed by atoms with van der Waals surface area (Å²) in [5, 5.41) is 2.84. The highest BCUT2D eigenvalue weighted by Gasteiger charge is 2.08. The van der Waals surface area contributed by atoms with Crippen LogP contribution in [0.3, 0.4) is 0 Å². The minimum atomic E-state index is -3.24. The lowest BCUT2D eigenvalue weighted by atomic mass is 10.1. The number of hydrogen-bond donors (Lipinski definition) is 1. The molecule has 1 N–H and O–H groups in total. The van der Waals surface area contributed by atoms with E-state index in [9.17, 15) is 13.2 Å². The van der Waals surface area contributed by atoms with Gasteiger partial charge in [0.15, 0.2) is 9.84 Å². The molecular weight excluding hydrogens is 412 g/mol. The summed E-state index contributed by atoms with van der Waals surface area (Å²) in [6.45, 7) is 0.294. The smallest absolute Gasteiger partial charge is 0.251 e. The van der Waals surface area contributed by atoms with E-state index in [-0.39, 0.29) is 10.8 Å². The topological polar surface area (TPSA) is 85.4 Å². The second-order valence-electron chi connectivity index (χ2n) is 6.86. The average molecular weight is 435 g/mol. The quantitative estimate of drug-likeness (QED) is 0.603. The van der Waals surface area contributed by atoms with Crippen LogP contribution in [0.25, 0.3) is 0 Å². The highest BCUT2D eigenvalue weighted by Crippen LogP contribution is 2.11. The van der Waals surface area contributed by atoms with E-state index >= 15 is 0 Å². The standard InChI is InChI=1S/C24H22N2O4S/c1-30-23-16-19(13-14-25-23)6-3-5-18-7-4-8-21(15-18)24(27)26-17-20-9-11-22(12-10-20)31(2,28)29/h4,7-16H,6,17H2,1-2H3,(H,26,27). The molecule has 0 bridgehead atoms. The molecule has 0 aliphatic heterocycles. The van der Waals surface area contributed by atoms with Gasteiger partial charge in [-0.15, -0.1) is 0 Å². The van der Waals surface area contributed by atoms with Crippen molar-refractivity contribution in [3.8, 4) is 17.7 Å². The van der Waals surface area contributed by atoms with Gasteiger partial charge in [-0.1, -0.05) is 30.0 Å². The third kappa shape index (κ3) is 6.43. The molecule has 0 unspecified atom stereocenters. The molecule has 1 aromatic heterocycles. The first kappa shape index (κ1) is 22.1. The van der Waals surface area contributed by atoms with E-state index in [1.165, 1.54) is 12.1 Å². The summed E-state index contributed by atoms with van der Waals surface area (Å²) in [5.74, 6) is 6.49. The van der Waals surface area contributed by atoms with Gasteiger partial charge in [-0.05, 0) is 47.5 Å². The van der Waals surface area contributed by atoms with Crippen molar-refractivity contribution in [2.45, 2.75) is 17.9 Å². The first-order valence-electron chi connectivity index (χ1n) is 9.50. The summed E-state index contributed by atoms with van der Waals surface area (Å²) >= 11 is 0. The first-order valence-corrected chi connectivity index (χ1v) is 11.4. The van der Waals surface area contributed by atoms with Crippen molar-refractivity contribution in [2.24, 2.45) is 0 Å². The lowest BCUT2D eigenvalue weighted by Gasteiger charge is -2.07. The third-order valence-electron chi connectivity index (χ3n) is 4.46. The Morgan fingerprint density at radius 3 is 2.55 bits per heavy atom. The number of nitrogens with zero attached hydrogens (tertiary/aromatic N) is 1. The molecule has 1 amide bonds. The second kappa shape index (κ2) is 9.92. The molecule has 3 rings (SSSR count). The number of carbonyl (C=O) groups is 1. The Morgan fingerprint density at radius 1 is 1.06 bits per heavy atom. The van der Waals surface area contributed by atoms with Crippen LogP contribution in [0.4, 0.5) is 0 Å². The van der Waals surface area contributed by atoms with Gasteiger partial charge in [0.2, 0.25) is 5.88 Å². The van der Waals surface area contributed by atoms with Crippen LogP contribution in [-0.2, 0) is 22.8 Å². The molecule has 1 heterocycles. The van der Waals surface area contributed by atoms with E-state index in [2.05, 4.69) is 22.1 Å². The highest BCUT2D eigenvalue weighted by atomic mass is 32.2. The zero-order chi connectivity index (χ0) is 22.3. The maximum atomic E-state index is 12.5. The summed E-state index contributed by atoms with van der Waals surface area (Å²) < 4.78 is 28.2. The zero-order valence-electron chi connectivity index (χ0n) is 17.3. The number of nitrogens with one attached hydrogen (secondary N) is 1. The Bertz CT molecular complexity index is 1240. The Morgan fingerprint density at radius 2 is 1.84 bits per heavy atom. The van der Waals surface area contributed by atoms with Crippen molar-refractivity contribution in [2.75, 3.05) is 13.4 Å². The fourth-order valence-corrected chi connectivity index (χ4v) is 3.43. The van der Waals surface area contributed by atoms with Gasteiger partial charge in [0.25, 0.3) is 5.91 Å². The predicted octanol–water partition coefficient (Wildman–Crippen LogP) is 3.02. The van der Waals surface area contributed by atoms with Crippen LogP contribution < -0.4 is 10.1 Å². The van der Waals surface area contributed by atoms with E-state index in [0.717, 1.165) is 22.9 Å². The molecule has 0 aliphatic rings. The fourth-order valence-electron chi connectivity index (χ4n) is 2.80. The monoisotopic (exact) mass is 434 g/mol.